The van der Waals surface area contributed by atoms with Crippen LogP contribution >= 0.6 is 22.7 Å². The van der Waals surface area contributed by atoms with E-state index in [0.717, 1.165) is 20.3 Å². The number of carbonyl (C=O) groups is 2. The van der Waals surface area contributed by atoms with Crippen LogP contribution < -0.4 is 10.6 Å². The van der Waals surface area contributed by atoms with Crippen LogP contribution in [0.25, 0.3) is 10.6 Å². The summed E-state index contributed by atoms with van der Waals surface area (Å²) in [6.45, 7) is 3.89. The number of aromatic nitrogens is 1. The maximum atomic E-state index is 12.5. The lowest BCUT2D eigenvalue weighted by molar-refractivity contribution is -0.119. The zero-order valence-electron chi connectivity index (χ0n) is 16.7. The quantitative estimate of drug-likeness (QED) is 0.557. The van der Waals surface area contributed by atoms with Gasteiger partial charge in [0.2, 0.25) is 5.91 Å². The fourth-order valence-electron chi connectivity index (χ4n) is 2.71. The van der Waals surface area contributed by atoms with E-state index in [1.54, 1.807) is 35.6 Å². The second-order valence-electron chi connectivity index (χ2n) is 6.82. The largest absolute Gasteiger partial charge is 0.351 e. The molecular weight excluding hydrogens is 442 g/mol. The number of aryl methyl sites for hydroxylation is 1. The molecule has 30 heavy (non-hydrogen) atoms. The molecule has 0 bridgehead atoms. The number of nitrogens with zero attached hydrogens (tertiary/aromatic N) is 1. The molecule has 0 spiro atoms. The minimum atomic E-state index is -3.12. The summed E-state index contributed by atoms with van der Waals surface area (Å²) in [6.07, 6.45) is 1.17. The molecule has 0 saturated heterocycles. The van der Waals surface area contributed by atoms with Gasteiger partial charge < -0.3 is 5.32 Å². The van der Waals surface area contributed by atoms with E-state index in [1.165, 1.54) is 24.5 Å². The smallest absolute Gasteiger partial charge is 0.257 e. The van der Waals surface area contributed by atoms with Crippen molar-refractivity contribution in [1.82, 2.24) is 10.3 Å². The standard InChI is InChI=1S/C20H21N3O4S3/c1-12-18(17-9-8-16(29-17)10-21-13(2)24)22-20(28-12)23-19(25)15-6-4-14(5-7-15)11-30(3,26)27/h4-9H,10-11H2,1-3H3,(H,21,24)(H,22,23,25). The maximum Gasteiger partial charge on any atom is 0.257 e. The Kier molecular flexibility index (Phi) is 6.69. The fraction of sp³-hybridized carbons (Fsp3) is 0.250. The number of anilines is 1. The summed E-state index contributed by atoms with van der Waals surface area (Å²) >= 11 is 2.93. The first kappa shape index (κ1) is 22.1. The number of nitrogens with one attached hydrogen (secondary N) is 2. The van der Waals surface area contributed by atoms with Crippen molar-refractivity contribution in [2.75, 3.05) is 11.6 Å². The van der Waals surface area contributed by atoms with E-state index in [9.17, 15) is 18.0 Å². The SMILES string of the molecule is CC(=O)NCc1ccc(-c2nc(NC(=O)c3ccc(CS(C)(=O)=O)cc3)sc2C)s1. The molecule has 10 heteroatoms. The van der Waals surface area contributed by atoms with Crippen molar-refractivity contribution in [1.29, 1.82) is 0 Å². The molecule has 0 aliphatic heterocycles. The number of hydrogen-bond donors (Lipinski definition) is 2. The van der Waals surface area contributed by atoms with Gasteiger partial charge in [-0.3, -0.25) is 14.9 Å². The van der Waals surface area contributed by atoms with Crippen molar-refractivity contribution in [3.05, 3.63) is 57.3 Å². The number of sulfone groups is 1. The Hall–Kier alpha value is -2.56. The van der Waals surface area contributed by atoms with Crippen LogP contribution in [0, 0.1) is 6.92 Å². The normalized spacial score (nSPS) is 11.3. The first-order valence-electron chi connectivity index (χ1n) is 8.99. The van der Waals surface area contributed by atoms with Crippen molar-refractivity contribution in [2.24, 2.45) is 0 Å². The van der Waals surface area contributed by atoms with E-state index in [0.29, 0.717) is 22.8 Å². The summed E-state index contributed by atoms with van der Waals surface area (Å²) < 4.78 is 22.8. The summed E-state index contributed by atoms with van der Waals surface area (Å²) in [5.41, 5.74) is 1.86. The molecule has 2 aromatic heterocycles. The van der Waals surface area contributed by atoms with E-state index < -0.39 is 9.84 Å². The van der Waals surface area contributed by atoms with Crippen LogP contribution in [-0.2, 0) is 26.9 Å². The predicted molar refractivity (Wildman–Crippen MR) is 121 cm³/mol. The van der Waals surface area contributed by atoms with Crippen LogP contribution in [0.2, 0.25) is 0 Å². The third-order valence-corrected chi connectivity index (χ3v) is 6.90. The summed E-state index contributed by atoms with van der Waals surface area (Å²) in [5, 5.41) is 6.06. The minimum absolute atomic E-state index is 0.0608. The number of thiophene rings is 1. The van der Waals surface area contributed by atoms with Crippen LogP contribution in [0.15, 0.2) is 36.4 Å². The van der Waals surface area contributed by atoms with Gasteiger partial charge >= 0.3 is 0 Å². The highest BCUT2D eigenvalue weighted by Gasteiger charge is 2.15. The van der Waals surface area contributed by atoms with Crippen LogP contribution in [-0.4, -0.2) is 31.5 Å². The first-order valence-corrected chi connectivity index (χ1v) is 12.7. The molecule has 0 aliphatic rings. The third-order valence-electron chi connectivity index (χ3n) is 4.07. The van der Waals surface area contributed by atoms with Gasteiger partial charge in [0.25, 0.3) is 5.91 Å². The third kappa shape index (κ3) is 5.97. The molecule has 2 amide bonds. The Balaban J connectivity index is 1.69. The van der Waals surface area contributed by atoms with Crippen molar-refractivity contribution < 1.29 is 18.0 Å². The van der Waals surface area contributed by atoms with Gasteiger partial charge in [0.05, 0.1) is 22.9 Å². The van der Waals surface area contributed by atoms with Gasteiger partial charge in [0, 0.05) is 28.5 Å². The second kappa shape index (κ2) is 9.07. The molecule has 0 fully saturated rings. The zero-order chi connectivity index (χ0) is 21.9. The Labute approximate surface area is 183 Å². The average molecular weight is 464 g/mol. The van der Waals surface area contributed by atoms with Gasteiger partial charge in [-0.2, -0.15) is 0 Å². The lowest BCUT2D eigenvalue weighted by Crippen LogP contribution is -2.17. The summed E-state index contributed by atoms with van der Waals surface area (Å²) in [6, 6.07) is 10.4. The lowest BCUT2D eigenvalue weighted by atomic mass is 10.1. The molecule has 0 aliphatic carbocycles. The molecule has 3 rings (SSSR count). The van der Waals surface area contributed by atoms with E-state index >= 15 is 0 Å². The Morgan fingerprint density at radius 1 is 1.07 bits per heavy atom. The summed E-state index contributed by atoms with van der Waals surface area (Å²) in [5.74, 6) is -0.447. The summed E-state index contributed by atoms with van der Waals surface area (Å²) in [4.78, 5) is 31.1. The number of benzene rings is 1. The van der Waals surface area contributed by atoms with Crippen LogP contribution in [0.3, 0.4) is 0 Å². The van der Waals surface area contributed by atoms with Crippen LogP contribution in [0.4, 0.5) is 5.13 Å². The van der Waals surface area contributed by atoms with Gasteiger partial charge in [0.1, 0.15) is 0 Å². The van der Waals surface area contributed by atoms with E-state index in [-0.39, 0.29) is 17.6 Å². The molecule has 158 valence electrons. The topological polar surface area (TPSA) is 105 Å². The Morgan fingerprint density at radius 2 is 1.77 bits per heavy atom. The molecule has 2 heterocycles. The van der Waals surface area contributed by atoms with Crippen LogP contribution in [0.1, 0.15) is 32.6 Å². The Bertz CT molecular complexity index is 1180. The lowest BCUT2D eigenvalue weighted by Gasteiger charge is -2.03. The molecule has 2 N–H and O–H groups in total. The molecule has 0 unspecified atom stereocenters. The van der Waals surface area contributed by atoms with E-state index in [1.807, 2.05) is 19.1 Å². The zero-order valence-corrected chi connectivity index (χ0v) is 19.1. The number of carbonyl (C=O) groups excluding carboxylic acids is 2. The maximum absolute atomic E-state index is 12.5. The number of hydrogen-bond acceptors (Lipinski definition) is 7. The fourth-order valence-corrected chi connectivity index (χ4v) is 5.39. The highest BCUT2D eigenvalue weighted by molar-refractivity contribution is 7.89. The van der Waals surface area contributed by atoms with E-state index in [2.05, 4.69) is 15.6 Å². The van der Waals surface area contributed by atoms with Crippen molar-refractivity contribution in [3.8, 4) is 10.6 Å². The van der Waals surface area contributed by atoms with Gasteiger partial charge in [0.15, 0.2) is 15.0 Å². The molecule has 0 radical (unpaired) electrons. The average Bonchev–Trinajstić information content (AvgIpc) is 3.25. The highest BCUT2D eigenvalue weighted by Crippen LogP contribution is 2.34. The van der Waals surface area contributed by atoms with E-state index in [4.69, 9.17) is 0 Å². The predicted octanol–water partition coefficient (Wildman–Crippen LogP) is 3.61. The van der Waals surface area contributed by atoms with Gasteiger partial charge in [-0.1, -0.05) is 12.1 Å². The number of thiazole rings is 1. The highest BCUT2D eigenvalue weighted by atomic mass is 32.2. The second-order valence-corrected chi connectivity index (χ2v) is 11.3. The van der Waals surface area contributed by atoms with Crippen molar-refractivity contribution in [2.45, 2.75) is 26.1 Å². The summed E-state index contributed by atoms with van der Waals surface area (Å²) in [7, 11) is -3.12. The first-order chi connectivity index (χ1) is 14.1. The van der Waals surface area contributed by atoms with Gasteiger partial charge in [-0.25, -0.2) is 13.4 Å². The monoisotopic (exact) mass is 463 g/mol. The molecular formula is C20H21N3O4S3. The van der Waals surface area contributed by atoms with Gasteiger partial charge in [-0.15, -0.1) is 22.7 Å². The van der Waals surface area contributed by atoms with Crippen molar-refractivity contribution in [3.63, 3.8) is 0 Å². The van der Waals surface area contributed by atoms with Crippen LogP contribution in [0.5, 0.6) is 0 Å². The molecule has 0 saturated carbocycles. The molecule has 7 nitrogen and oxygen atoms in total. The molecule has 3 aromatic rings. The number of amides is 2. The van der Waals surface area contributed by atoms with Gasteiger partial charge in [-0.05, 0) is 36.8 Å². The number of rotatable bonds is 7. The Morgan fingerprint density at radius 3 is 2.40 bits per heavy atom. The van der Waals surface area contributed by atoms with Crippen molar-refractivity contribution >= 4 is 49.5 Å². The molecule has 1 aromatic carbocycles. The minimum Gasteiger partial charge on any atom is -0.351 e. The molecule has 0 atom stereocenters.